The van der Waals surface area contributed by atoms with Crippen molar-refractivity contribution in [2.24, 2.45) is 0 Å². The number of H-pyrrole nitrogens is 1. The maximum absolute atomic E-state index is 12.6. The molecule has 0 unspecified atom stereocenters. The maximum atomic E-state index is 12.6. The molecule has 0 spiro atoms. The van der Waals surface area contributed by atoms with Gasteiger partial charge in [0, 0.05) is 5.69 Å². The van der Waals surface area contributed by atoms with Crippen LogP contribution in [0.25, 0.3) is 5.69 Å². The fraction of sp³-hybridized carbons (Fsp3) is 0.167. The van der Waals surface area contributed by atoms with Crippen LogP contribution in [0.15, 0.2) is 16.9 Å². The molecule has 0 bridgehead atoms. The Hall–Kier alpha value is -1.73. The molecule has 0 fully saturated rings. The smallest absolute Gasteiger partial charge is 0.298 e. The van der Waals surface area contributed by atoms with Gasteiger partial charge in [-0.15, -0.1) is 0 Å². The first-order chi connectivity index (χ1) is 9.66. The fourth-order valence-electron chi connectivity index (χ4n) is 1.80. The average Bonchev–Trinajstić information content (AvgIpc) is 2.62. The Morgan fingerprint density at radius 1 is 1.24 bits per heavy atom. The molecule has 0 aliphatic heterocycles. The van der Waals surface area contributed by atoms with Crippen LogP contribution in [0.2, 0.25) is 10.0 Å². The Morgan fingerprint density at radius 3 is 2.14 bits per heavy atom. The molecule has 2 aromatic rings. The summed E-state index contributed by atoms with van der Waals surface area (Å²) in [5.74, 6) is 0. The molecule has 1 aromatic carbocycles. The number of aromatic amines is 1. The van der Waals surface area contributed by atoms with E-state index in [2.05, 4.69) is 5.10 Å². The van der Waals surface area contributed by atoms with Crippen LogP contribution in [0.3, 0.4) is 0 Å². The van der Waals surface area contributed by atoms with E-state index in [0.717, 1.165) is 4.68 Å². The van der Waals surface area contributed by atoms with E-state index in [-0.39, 0.29) is 27.0 Å². The van der Waals surface area contributed by atoms with Gasteiger partial charge in [-0.1, -0.05) is 23.2 Å². The highest BCUT2D eigenvalue weighted by Crippen LogP contribution is 2.36. The van der Waals surface area contributed by atoms with Crippen molar-refractivity contribution in [3.05, 3.63) is 49.4 Å². The second kappa shape index (κ2) is 5.23. The van der Waals surface area contributed by atoms with Gasteiger partial charge < -0.3 is 0 Å². The summed E-state index contributed by atoms with van der Waals surface area (Å²) < 4.78 is 38.8. The van der Waals surface area contributed by atoms with Gasteiger partial charge in [0.1, 0.15) is 11.3 Å². The van der Waals surface area contributed by atoms with Gasteiger partial charge in [-0.25, -0.2) is 4.68 Å². The van der Waals surface area contributed by atoms with Crippen molar-refractivity contribution in [3.63, 3.8) is 0 Å². The minimum atomic E-state index is -4.61. The van der Waals surface area contributed by atoms with Crippen LogP contribution in [0, 0.1) is 6.92 Å². The number of hydrogen-bond acceptors (Lipinski definition) is 2. The largest absolute Gasteiger partial charge is 0.416 e. The van der Waals surface area contributed by atoms with Crippen molar-refractivity contribution < 1.29 is 18.0 Å². The third kappa shape index (κ3) is 2.71. The molecule has 9 heteroatoms. The molecule has 112 valence electrons. The van der Waals surface area contributed by atoms with Crippen LogP contribution in [0.5, 0.6) is 0 Å². The molecule has 0 atom stereocenters. The van der Waals surface area contributed by atoms with Gasteiger partial charge in [-0.05, 0) is 19.1 Å². The number of carbonyl (C=O) groups excluding carboxylic acids is 1. The summed E-state index contributed by atoms with van der Waals surface area (Å²) in [6, 6.07) is 1.32. The van der Waals surface area contributed by atoms with Crippen molar-refractivity contribution >= 4 is 29.5 Å². The van der Waals surface area contributed by atoms with E-state index < -0.39 is 17.3 Å². The number of alkyl halides is 3. The molecule has 0 amide bonds. The SMILES string of the molecule is Cc1[nH]n(-c2c(Cl)cc(C(F)(F)F)cc2Cl)c(=O)c1C=O. The molecule has 2 rings (SSSR count). The molecule has 21 heavy (non-hydrogen) atoms. The van der Waals surface area contributed by atoms with Crippen molar-refractivity contribution in [1.29, 1.82) is 0 Å². The van der Waals surface area contributed by atoms with Gasteiger partial charge in [0.25, 0.3) is 5.56 Å². The van der Waals surface area contributed by atoms with Gasteiger partial charge in [0.05, 0.1) is 15.6 Å². The number of aromatic nitrogens is 2. The quantitative estimate of drug-likeness (QED) is 0.850. The molecule has 0 aliphatic rings. The van der Waals surface area contributed by atoms with Crippen molar-refractivity contribution in [2.45, 2.75) is 13.1 Å². The minimum Gasteiger partial charge on any atom is -0.298 e. The number of rotatable bonds is 2. The predicted molar refractivity (Wildman–Crippen MR) is 71.5 cm³/mol. The van der Waals surface area contributed by atoms with Crippen LogP contribution in [0.4, 0.5) is 13.2 Å². The number of hydrogen-bond donors (Lipinski definition) is 1. The highest BCUT2D eigenvalue weighted by molar-refractivity contribution is 6.37. The molecule has 1 N–H and O–H groups in total. The molecule has 0 saturated carbocycles. The predicted octanol–water partition coefficient (Wildman–Crippen LogP) is 3.61. The highest BCUT2D eigenvalue weighted by atomic mass is 35.5. The van der Waals surface area contributed by atoms with E-state index in [1.807, 2.05) is 0 Å². The first-order valence-corrected chi connectivity index (χ1v) is 6.25. The molecule has 1 heterocycles. The lowest BCUT2D eigenvalue weighted by molar-refractivity contribution is -0.137. The number of halogens is 5. The number of aryl methyl sites for hydroxylation is 1. The standard InChI is InChI=1S/C12H7Cl2F3N2O2/c1-5-7(4-20)11(21)19(18-5)10-8(13)2-6(3-9(10)14)12(15,16)17/h2-4,18H,1H3. The zero-order valence-electron chi connectivity index (χ0n) is 10.4. The monoisotopic (exact) mass is 338 g/mol. The number of nitrogens with one attached hydrogen (secondary N) is 1. The Kier molecular flexibility index (Phi) is 3.90. The number of benzene rings is 1. The van der Waals surface area contributed by atoms with Gasteiger partial charge in [-0.2, -0.15) is 13.2 Å². The molecule has 0 aliphatic carbocycles. The zero-order valence-corrected chi connectivity index (χ0v) is 11.9. The maximum Gasteiger partial charge on any atom is 0.416 e. The minimum absolute atomic E-state index is 0.146. The first-order valence-electron chi connectivity index (χ1n) is 5.50. The lowest BCUT2D eigenvalue weighted by Crippen LogP contribution is -2.18. The van der Waals surface area contributed by atoms with Gasteiger partial charge in [0.15, 0.2) is 6.29 Å². The van der Waals surface area contributed by atoms with Crippen molar-refractivity contribution in [3.8, 4) is 5.69 Å². The van der Waals surface area contributed by atoms with E-state index in [9.17, 15) is 22.8 Å². The Labute approximate surface area is 126 Å². The van der Waals surface area contributed by atoms with Crippen molar-refractivity contribution in [1.82, 2.24) is 9.78 Å². The average molecular weight is 339 g/mol. The zero-order chi connectivity index (χ0) is 15.9. The lowest BCUT2D eigenvalue weighted by Gasteiger charge is -2.12. The second-order valence-corrected chi connectivity index (χ2v) is 5.01. The van der Waals surface area contributed by atoms with Gasteiger partial charge >= 0.3 is 6.18 Å². The normalized spacial score (nSPS) is 11.7. The summed E-state index contributed by atoms with van der Waals surface area (Å²) in [7, 11) is 0. The summed E-state index contributed by atoms with van der Waals surface area (Å²) in [5, 5.41) is 1.81. The molecule has 4 nitrogen and oxygen atoms in total. The van der Waals surface area contributed by atoms with Crippen LogP contribution in [-0.4, -0.2) is 16.1 Å². The third-order valence-corrected chi connectivity index (χ3v) is 3.38. The summed E-state index contributed by atoms with van der Waals surface area (Å²) in [4.78, 5) is 22.8. The highest BCUT2D eigenvalue weighted by Gasteiger charge is 2.32. The Bertz CT molecular complexity index is 755. The summed E-state index contributed by atoms with van der Waals surface area (Å²) in [5.41, 5.74) is -1.82. The van der Waals surface area contributed by atoms with Crippen LogP contribution < -0.4 is 5.56 Å². The van der Waals surface area contributed by atoms with Crippen LogP contribution >= 0.6 is 23.2 Å². The van der Waals surface area contributed by atoms with Crippen LogP contribution in [0.1, 0.15) is 21.6 Å². The summed E-state index contributed by atoms with van der Waals surface area (Å²) in [6.45, 7) is 1.47. The van der Waals surface area contributed by atoms with Gasteiger partial charge in [-0.3, -0.25) is 14.7 Å². The Balaban J connectivity index is 2.72. The molecule has 1 aromatic heterocycles. The summed E-state index contributed by atoms with van der Waals surface area (Å²) in [6.07, 6.45) is -4.27. The molecule has 0 radical (unpaired) electrons. The Morgan fingerprint density at radius 2 is 1.76 bits per heavy atom. The van der Waals surface area contributed by atoms with Gasteiger partial charge in [0.2, 0.25) is 0 Å². The lowest BCUT2D eigenvalue weighted by atomic mass is 10.2. The fourth-order valence-corrected chi connectivity index (χ4v) is 2.45. The second-order valence-electron chi connectivity index (χ2n) is 4.20. The van der Waals surface area contributed by atoms with E-state index >= 15 is 0 Å². The number of nitrogens with zero attached hydrogens (tertiary/aromatic N) is 1. The third-order valence-electron chi connectivity index (χ3n) is 2.80. The topological polar surface area (TPSA) is 54.9 Å². The van der Waals surface area contributed by atoms with Crippen LogP contribution in [-0.2, 0) is 6.18 Å². The number of carbonyl (C=O) groups is 1. The van der Waals surface area contributed by atoms with E-state index in [1.54, 1.807) is 0 Å². The molecule has 0 saturated heterocycles. The molecular weight excluding hydrogens is 332 g/mol. The first kappa shape index (κ1) is 15.7. The molecular formula is C12H7Cl2F3N2O2. The van der Waals surface area contributed by atoms with E-state index in [1.165, 1.54) is 6.92 Å². The van der Waals surface area contributed by atoms with Crippen molar-refractivity contribution in [2.75, 3.05) is 0 Å². The number of aldehydes is 1. The van der Waals surface area contributed by atoms with E-state index in [0.29, 0.717) is 18.4 Å². The summed E-state index contributed by atoms with van der Waals surface area (Å²) >= 11 is 11.6. The van der Waals surface area contributed by atoms with E-state index in [4.69, 9.17) is 23.2 Å².